The largest absolute Gasteiger partial charge is 0.492 e. The smallest absolute Gasteiger partial charge is 0.226 e. The van der Waals surface area contributed by atoms with Gasteiger partial charge in [0.05, 0.1) is 5.92 Å². The van der Waals surface area contributed by atoms with E-state index in [0.29, 0.717) is 31.0 Å². The molecule has 120 valence electrons. The molecule has 1 aliphatic rings. The highest BCUT2D eigenvalue weighted by Gasteiger charge is 2.25. The first kappa shape index (κ1) is 15.8. The molecule has 1 amide bonds. The summed E-state index contributed by atoms with van der Waals surface area (Å²) in [5, 5.41) is 3.53. The highest BCUT2D eigenvalue weighted by molar-refractivity contribution is 6.30. The van der Waals surface area contributed by atoms with Crippen LogP contribution in [-0.4, -0.2) is 19.1 Å². The molecule has 5 heteroatoms. The van der Waals surface area contributed by atoms with Gasteiger partial charge in [0.25, 0.3) is 0 Å². The first-order valence-electron chi connectivity index (χ1n) is 7.55. The Bertz CT molecular complexity index is 720. The molecule has 0 spiro atoms. The second-order valence-electron chi connectivity index (χ2n) is 5.64. The predicted octanol–water partition coefficient (Wildman–Crippen LogP) is 3.39. The van der Waals surface area contributed by atoms with Crippen LogP contribution in [0, 0.1) is 11.7 Å². The molecule has 3 rings (SSSR count). The molecule has 0 radical (unpaired) electrons. The van der Waals surface area contributed by atoms with Crippen LogP contribution < -0.4 is 10.1 Å². The molecule has 0 saturated heterocycles. The Labute approximate surface area is 139 Å². The van der Waals surface area contributed by atoms with Gasteiger partial charge in [0, 0.05) is 11.6 Å². The van der Waals surface area contributed by atoms with E-state index in [2.05, 4.69) is 5.32 Å². The second kappa shape index (κ2) is 7.01. The third-order valence-electron chi connectivity index (χ3n) is 3.90. The summed E-state index contributed by atoms with van der Waals surface area (Å²) in [4.78, 5) is 12.3. The highest BCUT2D eigenvalue weighted by atomic mass is 35.5. The summed E-state index contributed by atoms with van der Waals surface area (Å²) >= 11 is 5.98. The summed E-state index contributed by atoms with van der Waals surface area (Å²) in [5.41, 5.74) is 1.82. The molecule has 2 aromatic carbocycles. The fourth-order valence-electron chi connectivity index (χ4n) is 2.70. The fraction of sp³-hybridized carbons (Fsp3) is 0.278. The van der Waals surface area contributed by atoms with Crippen LogP contribution in [0.4, 0.5) is 4.39 Å². The van der Waals surface area contributed by atoms with Crippen LogP contribution in [0.2, 0.25) is 5.02 Å². The number of hydrogen-bond acceptors (Lipinski definition) is 2. The van der Waals surface area contributed by atoms with Crippen LogP contribution in [0.5, 0.6) is 5.75 Å². The maximum absolute atomic E-state index is 13.1. The molecule has 1 N–H and O–H groups in total. The van der Waals surface area contributed by atoms with Crippen molar-refractivity contribution in [2.75, 3.05) is 13.2 Å². The number of nitrogens with one attached hydrogen (secondary N) is 1. The molecule has 1 atom stereocenters. The molecule has 23 heavy (non-hydrogen) atoms. The average molecular weight is 334 g/mol. The number of ether oxygens (including phenoxy) is 1. The summed E-state index contributed by atoms with van der Waals surface area (Å²) < 4.78 is 18.7. The number of carbonyl (C=O) groups excluding carboxylic acids is 1. The SMILES string of the molecule is O=C(NCCc1cccc(F)c1)C1COc2ccc(Cl)cc2C1. The van der Waals surface area contributed by atoms with Crippen LogP contribution >= 0.6 is 11.6 Å². The molecule has 0 aliphatic carbocycles. The Morgan fingerprint density at radius 1 is 1.30 bits per heavy atom. The summed E-state index contributed by atoms with van der Waals surface area (Å²) in [7, 11) is 0. The first-order valence-corrected chi connectivity index (χ1v) is 7.93. The molecular weight excluding hydrogens is 317 g/mol. The van der Waals surface area contributed by atoms with E-state index >= 15 is 0 Å². The second-order valence-corrected chi connectivity index (χ2v) is 6.07. The molecule has 1 aliphatic heterocycles. The van der Waals surface area contributed by atoms with Gasteiger partial charge in [-0.1, -0.05) is 23.7 Å². The van der Waals surface area contributed by atoms with E-state index in [0.717, 1.165) is 16.9 Å². The maximum Gasteiger partial charge on any atom is 0.226 e. The van der Waals surface area contributed by atoms with E-state index in [1.54, 1.807) is 12.1 Å². The Kier molecular flexibility index (Phi) is 4.82. The number of amides is 1. The van der Waals surface area contributed by atoms with Crippen molar-refractivity contribution < 1.29 is 13.9 Å². The fourth-order valence-corrected chi connectivity index (χ4v) is 2.89. The molecule has 0 bridgehead atoms. The highest BCUT2D eigenvalue weighted by Crippen LogP contribution is 2.29. The standard InChI is InChI=1S/C18H17ClFNO2/c19-15-4-5-17-13(10-15)9-14(11-23-17)18(22)21-7-6-12-2-1-3-16(20)8-12/h1-5,8,10,14H,6-7,9,11H2,(H,21,22). The van der Waals surface area contributed by atoms with Gasteiger partial charge in [0.15, 0.2) is 0 Å². The van der Waals surface area contributed by atoms with Crippen molar-refractivity contribution in [1.29, 1.82) is 0 Å². The van der Waals surface area contributed by atoms with Crippen LogP contribution in [0.15, 0.2) is 42.5 Å². The van der Waals surface area contributed by atoms with Crippen LogP contribution in [-0.2, 0) is 17.6 Å². The van der Waals surface area contributed by atoms with Gasteiger partial charge in [-0.25, -0.2) is 4.39 Å². The van der Waals surface area contributed by atoms with Gasteiger partial charge in [-0.15, -0.1) is 0 Å². The molecule has 1 unspecified atom stereocenters. The van der Waals surface area contributed by atoms with E-state index < -0.39 is 0 Å². The van der Waals surface area contributed by atoms with E-state index in [1.807, 2.05) is 18.2 Å². The maximum atomic E-state index is 13.1. The Morgan fingerprint density at radius 2 is 2.17 bits per heavy atom. The van der Waals surface area contributed by atoms with Crippen LogP contribution in [0.25, 0.3) is 0 Å². The predicted molar refractivity (Wildman–Crippen MR) is 87.3 cm³/mol. The molecule has 2 aromatic rings. The number of hydrogen-bond donors (Lipinski definition) is 1. The number of fused-ring (bicyclic) bond motifs is 1. The lowest BCUT2D eigenvalue weighted by Gasteiger charge is -2.24. The number of rotatable bonds is 4. The van der Waals surface area contributed by atoms with Crippen molar-refractivity contribution >= 4 is 17.5 Å². The van der Waals surface area contributed by atoms with Gasteiger partial charge in [0.1, 0.15) is 18.2 Å². The van der Waals surface area contributed by atoms with E-state index in [-0.39, 0.29) is 17.6 Å². The van der Waals surface area contributed by atoms with Crippen molar-refractivity contribution in [3.63, 3.8) is 0 Å². The Hall–Kier alpha value is -2.07. The molecule has 0 aromatic heterocycles. The molecule has 0 saturated carbocycles. The van der Waals surface area contributed by atoms with E-state index in [9.17, 15) is 9.18 Å². The third-order valence-corrected chi connectivity index (χ3v) is 4.14. The molecule has 3 nitrogen and oxygen atoms in total. The van der Waals surface area contributed by atoms with E-state index in [4.69, 9.17) is 16.3 Å². The minimum atomic E-state index is -0.261. The van der Waals surface area contributed by atoms with E-state index in [1.165, 1.54) is 12.1 Å². The summed E-state index contributed by atoms with van der Waals surface area (Å²) in [6.07, 6.45) is 1.21. The van der Waals surface area contributed by atoms with Crippen LogP contribution in [0.3, 0.4) is 0 Å². The monoisotopic (exact) mass is 333 g/mol. The molecular formula is C18H17ClFNO2. The lowest BCUT2D eigenvalue weighted by atomic mass is 9.96. The van der Waals surface area contributed by atoms with Crippen molar-refractivity contribution in [1.82, 2.24) is 5.32 Å². The Balaban J connectivity index is 1.53. The first-order chi connectivity index (χ1) is 11.1. The minimum absolute atomic E-state index is 0.0490. The third kappa shape index (κ3) is 4.02. The van der Waals surface area contributed by atoms with Gasteiger partial charge < -0.3 is 10.1 Å². The zero-order valence-electron chi connectivity index (χ0n) is 12.5. The quantitative estimate of drug-likeness (QED) is 0.931. The molecule has 1 heterocycles. The Morgan fingerprint density at radius 3 is 3.00 bits per heavy atom. The van der Waals surface area contributed by atoms with Crippen molar-refractivity contribution in [3.05, 3.63) is 64.4 Å². The van der Waals surface area contributed by atoms with Crippen molar-refractivity contribution in [2.45, 2.75) is 12.8 Å². The van der Waals surface area contributed by atoms with Gasteiger partial charge in [0.2, 0.25) is 5.91 Å². The zero-order valence-corrected chi connectivity index (χ0v) is 13.3. The average Bonchev–Trinajstić information content (AvgIpc) is 2.54. The summed E-state index contributed by atoms with van der Waals surface area (Å²) in [6.45, 7) is 0.835. The van der Waals surface area contributed by atoms with Crippen LogP contribution in [0.1, 0.15) is 11.1 Å². The topological polar surface area (TPSA) is 38.3 Å². The zero-order chi connectivity index (χ0) is 16.2. The number of benzene rings is 2. The summed E-state index contributed by atoms with van der Waals surface area (Å²) in [6, 6.07) is 11.8. The van der Waals surface area contributed by atoms with Crippen molar-refractivity contribution in [2.24, 2.45) is 5.92 Å². The normalized spacial score (nSPS) is 16.3. The van der Waals surface area contributed by atoms with Gasteiger partial charge in [-0.05, 0) is 54.3 Å². The van der Waals surface area contributed by atoms with Gasteiger partial charge in [-0.3, -0.25) is 4.79 Å². The number of carbonyl (C=O) groups is 1. The lowest BCUT2D eigenvalue weighted by molar-refractivity contribution is -0.126. The van der Waals surface area contributed by atoms with Gasteiger partial charge >= 0.3 is 0 Å². The molecule has 0 fully saturated rings. The summed E-state index contributed by atoms with van der Waals surface area (Å²) in [5.74, 6) is 0.252. The van der Waals surface area contributed by atoms with Crippen molar-refractivity contribution in [3.8, 4) is 5.75 Å². The van der Waals surface area contributed by atoms with Gasteiger partial charge in [-0.2, -0.15) is 0 Å². The lowest BCUT2D eigenvalue weighted by Crippen LogP contribution is -2.38. The number of halogens is 2. The minimum Gasteiger partial charge on any atom is -0.492 e.